The molecule has 28 heavy (non-hydrogen) atoms. The second-order valence-corrected chi connectivity index (χ2v) is 8.08. The van der Waals surface area contributed by atoms with Crippen molar-refractivity contribution in [1.82, 2.24) is 14.5 Å². The second-order valence-electron chi connectivity index (χ2n) is 7.08. The number of carbonyl (C=O) groups is 1. The number of pyridine rings is 1. The van der Waals surface area contributed by atoms with Gasteiger partial charge in [0.2, 0.25) is 5.91 Å². The molecule has 0 aliphatic heterocycles. The zero-order valence-corrected chi connectivity index (χ0v) is 17.0. The van der Waals surface area contributed by atoms with Gasteiger partial charge in [-0.05, 0) is 51.0 Å². The number of amides is 1. The quantitative estimate of drug-likeness (QED) is 0.574. The normalized spacial score (nSPS) is 11.3. The van der Waals surface area contributed by atoms with Crippen molar-refractivity contribution in [3.63, 3.8) is 0 Å². The molecule has 4 rings (SSSR count). The standard InChI is InChI=1S/C21H20N4O2S/c1-11-5-6-15(12(2)7-11)24-16(26)9-25-10-22-18-17-13(3)8-14(4)23-20(17)28-19(18)21(25)27/h5-8,10H,9H2,1-4H3,(H,24,26). The van der Waals surface area contributed by atoms with Gasteiger partial charge in [0.05, 0.1) is 11.8 Å². The van der Waals surface area contributed by atoms with E-state index in [1.807, 2.05) is 52.0 Å². The molecule has 7 heteroatoms. The van der Waals surface area contributed by atoms with Gasteiger partial charge in [-0.15, -0.1) is 11.3 Å². The van der Waals surface area contributed by atoms with Crippen LogP contribution in [0.4, 0.5) is 5.69 Å². The van der Waals surface area contributed by atoms with Crippen LogP contribution in [-0.2, 0) is 11.3 Å². The molecule has 0 radical (unpaired) electrons. The Morgan fingerprint density at radius 2 is 1.93 bits per heavy atom. The molecular formula is C21H20N4O2S. The van der Waals surface area contributed by atoms with E-state index >= 15 is 0 Å². The average Bonchev–Trinajstić information content (AvgIpc) is 2.99. The van der Waals surface area contributed by atoms with Crippen LogP contribution in [0.3, 0.4) is 0 Å². The van der Waals surface area contributed by atoms with Gasteiger partial charge in [-0.25, -0.2) is 9.97 Å². The molecule has 0 fully saturated rings. The Hall–Kier alpha value is -3.06. The second kappa shape index (κ2) is 6.83. The van der Waals surface area contributed by atoms with E-state index < -0.39 is 0 Å². The Balaban J connectivity index is 1.68. The number of nitrogens with one attached hydrogen (secondary N) is 1. The van der Waals surface area contributed by atoms with E-state index in [9.17, 15) is 9.59 Å². The highest BCUT2D eigenvalue weighted by Crippen LogP contribution is 2.31. The van der Waals surface area contributed by atoms with Crippen LogP contribution >= 0.6 is 11.3 Å². The Bertz CT molecular complexity index is 1300. The maximum Gasteiger partial charge on any atom is 0.271 e. The molecule has 0 saturated heterocycles. The zero-order chi connectivity index (χ0) is 20.0. The van der Waals surface area contributed by atoms with Crippen LogP contribution < -0.4 is 10.9 Å². The number of thiophene rings is 1. The first-order chi connectivity index (χ1) is 13.3. The number of benzene rings is 1. The molecule has 0 aliphatic rings. The van der Waals surface area contributed by atoms with Crippen molar-refractivity contribution in [2.45, 2.75) is 34.2 Å². The smallest absolute Gasteiger partial charge is 0.271 e. The van der Waals surface area contributed by atoms with E-state index in [1.54, 1.807) is 0 Å². The molecule has 4 aromatic rings. The van der Waals surface area contributed by atoms with Gasteiger partial charge in [-0.3, -0.25) is 14.2 Å². The number of aromatic nitrogens is 3. The molecule has 1 N–H and O–H groups in total. The lowest BCUT2D eigenvalue weighted by Gasteiger charge is -2.10. The number of aryl methyl sites for hydroxylation is 4. The van der Waals surface area contributed by atoms with Crippen LogP contribution in [0.2, 0.25) is 0 Å². The van der Waals surface area contributed by atoms with Gasteiger partial charge in [0.25, 0.3) is 5.56 Å². The Morgan fingerprint density at radius 3 is 2.68 bits per heavy atom. The summed E-state index contributed by atoms with van der Waals surface area (Å²) in [6.07, 6.45) is 1.44. The van der Waals surface area contributed by atoms with Crippen LogP contribution in [0.5, 0.6) is 0 Å². The van der Waals surface area contributed by atoms with Gasteiger partial charge in [0.1, 0.15) is 16.1 Å². The highest BCUT2D eigenvalue weighted by Gasteiger charge is 2.16. The summed E-state index contributed by atoms with van der Waals surface area (Å²) in [7, 11) is 0. The largest absolute Gasteiger partial charge is 0.324 e. The van der Waals surface area contributed by atoms with Gasteiger partial charge < -0.3 is 5.32 Å². The van der Waals surface area contributed by atoms with Gasteiger partial charge >= 0.3 is 0 Å². The lowest BCUT2D eigenvalue weighted by molar-refractivity contribution is -0.116. The molecule has 3 heterocycles. The van der Waals surface area contributed by atoms with Crippen LogP contribution in [0.25, 0.3) is 20.4 Å². The molecule has 0 unspecified atom stereocenters. The molecular weight excluding hydrogens is 372 g/mol. The van der Waals surface area contributed by atoms with Gasteiger partial charge in [0, 0.05) is 16.8 Å². The summed E-state index contributed by atoms with van der Waals surface area (Å²) < 4.78 is 1.87. The summed E-state index contributed by atoms with van der Waals surface area (Å²) in [6.45, 7) is 7.78. The summed E-state index contributed by atoms with van der Waals surface area (Å²) in [5.41, 5.74) is 5.24. The van der Waals surface area contributed by atoms with Crippen molar-refractivity contribution in [2.75, 3.05) is 5.32 Å². The van der Waals surface area contributed by atoms with Crippen LogP contribution in [0, 0.1) is 27.7 Å². The highest BCUT2D eigenvalue weighted by atomic mass is 32.1. The first-order valence-corrected chi connectivity index (χ1v) is 9.78. The number of hydrogen-bond acceptors (Lipinski definition) is 5. The Labute approximate surface area is 165 Å². The first-order valence-electron chi connectivity index (χ1n) is 8.96. The Kier molecular flexibility index (Phi) is 4.47. The third-order valence-corrected chi connectivity index (χ3v) is 5.77. The lowest BCUT2D eigenvalue weighted by atomic mass is 10.1. The van der Waals surface area contributed by atoms with E-state index in [-0.39, 0.29) is 18.0 Å². The molecule has 1 aromatic carbocycles. The van der Waals surface area contributed by atoms with Gasteiger partial charge in [-0.2, -0.15) is 0 Å². The fourth-order valence-corrected chi connectivity index (χ4v) is 4.61. The van der Waals surface area contributed by atoms with Gasteiger partial charge in [0.15, 0.2) is 0 Å². The van der Waals surface area contributed by atoms with Crippen molar-refractivity contribution < 1.29 is 4.79 Å². The fraction of sp³-hybridized carbons (Fsp3) is 0.238. The predicted molar refractivity (Wildman–Crippen MR) is 113 cm³/mol. The number of rotatable bonds is 3. The van der Waals surface area contributed by atoms with Crippen molar-refractivity contribution in [2.24, 2.45) is 0 Å². The summed E-state index contributed by atoms with van der Waals surface area (Å²) in [4.78, 5) is 35.2. The molecule has 0 bridgehead atoms. The molecule has 0 atom stereocenters. The molecule has 6 nitrogen and oxygen atoms in total. The maximum atomic E-state index is 12.9. The average molecular weight is 392 g/mol. The third-order valence-electron chi connectivity index (χ3n) is 4.71. The molecule has 3 aromatic heterocycles. The third kappa shape index (κ3) is 3.18. The van der Waals surface area contributed by atoms with E-state index in [1.165, 1.54) is 22.2 Å². The number of nitrogens with zero attached hydrogens (tertiary/aromatic N) is 3. The maximum absolute atomic E-state index is 12.9. The van der Waals surface area contributed by atoms with Crippen molar-refractivity contribution >= 4 is 43.4 Å². The van der Waals surface area contributed by atoms with Crippen LogP contribution in [0.15, 0.2) is 35.4 Å². The van der Waals surface area contributed by atoms with E-state index in [0.717, 1.165) is 38.3 Å². The number of fused-ring (bicyclic) bond motifs is 3. The molecule has 142 valence electrons. The summed E-state index contributed by atoms with van der Waals surface area (Å²) in [6, 6.07) is 7.80. The predicted octanol–water partition coefficient (Wildman–Crippen LogP) is 3.88. The highest BCUT2D eigenvalue weighted by molar-refractivity contribution is 7.25. The Morgan fingerprint density at radius 1 is 1.14 bits per heavy atom. The summed E-state index contributed by atoms with van der Waals surface area (Å²) >= 11 is 1.33. The fourth-order valence-electron chi connectivity index (χ4n) is 3.41. The van der Waals surface area contributed by atoms with E-state index in [4.69, 9.17) is 0 Å². The summed E-state index contributed by atoms with van der Waals surface area (Å²) in [5.74, 6) is -0.263. The van der Waals surface area contributed by atoms with E-state index in [0.29, 0.717) is 10.2 Å². The minimum absolute atomic E-state index is 0.0885. The lowest BCUT2D eigenvalue weighted by Crippen LogP contribution is -2.27. The number of anilines is 1. The zero-order valence-electron chi connectivity index (χ0n) is 16.2. The number of carbonyl (C=O) groups excluding carboxylic acids is 1. The van der Waals surface area contributed by atoms with E-state index in [2.05, 4.69) is 15.3 Å². The first kappa shape index (κ1) is 18.3. The molecule has 1 amide bonds. The van der Waals surface area contributed by atoms with Crippen molar-refractivity contribution in [3.05, 3.63) is 63.3 Å². The summed E-state index contributed by atoms with van der Waals surface area (Å²) in [5, 5.41) is 3.78. The monoisotopic (exact) mass is 392 g/mol. The number of hydrogen-bond donors (Lipinski definition) is 1. The van der Waals surface area contributed by atoms with Crippen molar-refractivity contribution in [1.29, 1.82) is 0 Å². The molecule has 0 aliphatic carbocycles. The minimum atomic E-state index is -0.263. The SMILES string of the molecule is Cc1ccc(NC(=O)Cn2cnc3c(sc4nc(C)cc(C)c43)c2=O)c(C)c1. The minimum Gasteiger partial charge on any atom is -0.324 e. The molecule has 0 spiro atoms. The van der Waals surface area contributed by atoms with Crippen LogP contribution in [-0.4, -0.2) is 20.4 Å². The van der Waals surface area contributed by atoms with Gasteiger partial charge in [-0.1, -0.05) is 17.7 Å². The van der Waals surface area contributed by atoms with Crippen LogP contribution in [0.1, 0.15) is 22.4 Å². The molecule has 0 saturated carbocycles. The van der Waals surface area contributed by atoms with Crippen molar-refractivity contribution in [3.8, 4) is 0 Å². The topological polar surface area (TPSA) is 76.9 Å².